The van der Waals surface area contributed by atoms with Crippen molar-refractivity contribution in [3.05, 3.63) is 70.9 Å². The molecule has 2 aromatic carbocycles. The Kier molecular flexibility index (Phi) is 19.2. The topological polar surface area (TPSA) is 87.1 Å². The molecule has 0 spiro atoms. The van der Waals surface area contributed by atoms with Gasteiger partial charge in [-0.1, -0.05) is 58.7 Å². The molecule has 0 atom stereocenters. The second-order valence-electron chi connectivity index (χ2n) is 10.2. The summed E-state index contributed by atoms with van der Waals surface area (Å²) in [4.78, 5) is 14.2. The van der Waals surface area contributed by atoms with Crippen molar-refractivity contribution < 1.29 is 28.8 Å². The zero-order valence-corrected chi connectivity index (χ0v) is 28.5. The van der Waals surface area contributed by atoms with Crippen LogP contribution in [0.15, 0.2) is 48.7 Å². The van der Waals surface area contributed by atoms with E-state index in [1.165, 1.54) is 29.2 Å². The highest BCUT2D eigenvalue weighted by molar-refractivity contribution is 5.72. The summed E-state index contributed by atoms with van der Waals surface area (Å²) in [5.41, 5.74) is 7.18. The maximum Gasteiger partial charge on any atom is 0.302 e. The average Bonchev–Trinajstić information content (AvgIpc) is 3.46. The largest absolute Gasteiger partial charge is 0.493 e. The third-order valence-electron chi connectivity index (χ3n) is 6.53. The molecule has 0 aliphatic carbocycles. The first kappa shape index (κ1) is 38.4. The average molecular weight is 610 g/mol. The first-order valence-corrected chi connectivity index (χ1v) is 16.1. The van der Waals surface area contributed by atoms with Crippen LogP contribution in [0.1, 0.15) is 96.4 Å². The molecule has 0 bridgehead atoms. The van der Waals surface area contributed by atoms with Crippen LogP contribution in [0.2, 0.25) is 0 Å². The van der Waals surface area contributed by atoms with Crippen LogP contribution in [0.25, 0.3) is 11.1 Å². The normalized spacial score (nSPS) is 11.0. The number of benzene rings is 2. The number of fused-ring (bicyclic) bond motifs is 1. The number of aliphatic hydroxyl groups is 1. The second-order valence-corrected chi connectivity index (χ2v) is 10.2. The first-order valence-electron chi connectivity index (χ1n) is 16.1. The summed E-state index contributed by atoms with van der Waals surface area (Å²) < 4.78 is 22.3. The van der Waals surface area contributed by atoms with Gasteiger partial charge in [0.1, 0.15) is 18.1 Å². The molecule has 0 unspecified atom stereocenters. The number of hydrogen-bond acceptors (Lipinski definition) is 7. The molecule has 1 aromatic heterocycles. The number of pyridine rings is 1. The van der Waals surface area contributed by atoms with Gasteiger partial charge in [-0.05, 0) is 86.6 Å². The third-order valence-corrected chi connectivity index (χ3v) is 6.53. The molecule has 2 heterocycles. The van der Waals surface area contributed by atoms with E-state index < -0.39 is 0 Å². The lowest BCUT2D eigenvalue weighted by atomic mass is 9.94. The molecule has 1 aliphatic heterocycles. The van der Waals surface area contributed by atoms with E-state index >= 15 is 0 Å². The van der Waals surface area contributed by atoms with E-state index in [0.717, 1.165) is 61.3 Å². The number of carbonyl (C=O) groups is 1. The lowest BCUT2D eigenvalue weighted by Crippen LogP contribution is -2.16. The van der Waals surface area contributed by atoms with Crippen LogP contribution in [0.3, 0.4) is 0 Å². The van der Waals surface area contributed by atoms with Gasteiger partial charge in [0.2, 0.25) is 5.88 Å². The molecule has 7 nitrogen and oxygen atoms in total. The third kappa shape index (κ3) is 13.4. The Hall–Kier alpha value is -3.58. The zero-order valence-electron chi connectivity index (χ0n) is 28.5. The minimum absolute atomic E-state index is 0.211. The number of aromatic nitrogens is 1. The van der Waals surface area contributed by atoms with Gasteiger partial charge in [-0.3, -0.25) is 4.79 Å². The minimum atomic E-state index is -0.211. The fourth-order valence-electron chi connectivity index (χ4n) is 4.84. The van der Waals surface area contributed by atoms with Crippen LogP contribution in [0.5, 0.6) is 17.4 Å². The van der Waals surface area contributed by atoms with Crippen LogP contribution in [-0.4, -0.2) is 42.0 Å². The fraction of sp³-hybridized carbons (Fsp3) is 0.514. The Morgan fingerprint density at radius 2 is 1.64 bits per heavy atom. The van der Waals surface area contributed by atoms with E-state index in [-0.39, 0.29) is 12.6 Å². The van der Waals surface area contributed by atoms with Gasteiger partial charge in [0.25, 0.3) is 0 Å². The molecular weight excluding hydrogens is 554 g/mol. The number of carbonyl (C=O) groups excluding carboxylic acids is 1. The highest BCUT2D eigenvalue weighted by Gasteiger charge is 2.15. The monoisotopic (exact) mass is 609 g/mol. The van der Waals surface area contributed by atoms with Gasteiger partial charge in [0.15, 0.2) is 0 Å². The van der Waals surface area contributed by atoms with E-state index in [2.05, 4.69) is 73.8 Å². The van der Waals surface area contributed by atoms with E-state index in [0.29, 0.717) is 25.2 Å². The van der Waals surface area contributed by atoms with Crippen molar-refractivity contribution in [3.63, 3.8) is 0 Å². The summed E-state index contributed by atoms with van der Waals surface area (Å²) in [5, 5.41) is 7.57. The maximum absolute atomic E-state index is 9.82. The number of ether oxygens (including phenoxy) is 4. The van der Waals surface area contributed by atoms with Gasteiger partial charge in [-0.15, -0.1) is 0 Å². The molecule has 1 aliphatic rings. The summed E-state index contributed by atoms with van der Waals surface area (Å²) in [6, 6.07) is 14.8. The van der Waals surface area contributed by atoms with Gasteiger partial charge in [0.05, 0.1) is 19.3 Å². The molecule has 1 N–H and O–H groups in total. The summed E-state index contributed by atoms with van der Waals surface area (Å²) >= 11 is 0. The predicted molar refractivity (Wildman–Crippen MR) is 180 cm³/mol. The van der Waals surface area contributed by atoms with Crippen molar-refractivity contribution in [2.75, 3.05) is 19.8 Å². The summed E-state index contributed by atoms with van der Waals surface area (Å²) in [5.74, 6) is 2.26. The molecular formula is C37H55NO6. The Labute approximate surface area is 265 Å². The molecule has 0 amide bonds. The summed E-state index contributed by atoms with van der Waals surface area (Å²) in [7, 11) is 0. The van der Waals surface area contributed by atoms with Gasteiger partial charge < -0.3 is 24.1 Å². The standard InChI is InChI=1S/C29H35NO3.C4H8O2.C2H6O.C2H6/c1-5-8-25(9-6-2)33-26-14-20(3)29(21(4)15-26)23-11-7-10-22(16-23)19-32-28-17-27-24(18-30-28)12-13-31-27;1-3-6-4(2)5;1-2-3;1-2/h7,10-11,14-18,25H,5-6,8-9,12-13,19H2,1-4H3;3H2,1-2H3;3H,2H2,1H3;1-2H3. The van der Waals surface area contributed by atoms with Crippen molar-refractivity contribution in [2.45, 2.75) is 107 Å². The smallest absolute Gasteiger partial charge is 0.302 e. The molecule has 7 heteroatoms. The van der Waals surface area contributed by atoms with Crippen LogP contribution >= 0.6 is 0 Å². The van der Waals surface area contributed by atoms with Gasteiger partial charge in [-0.2, -0.15) is 0 Å². The SMILES string of the molecule is CC.CCCC(CCC)Oc1cc(C)c(-c2cccc(COc3cc4c(cn3)CCO4)c2)c(C)c1.CCO.CCOC(C)=O. The summed E-state index contributed by atoms with van der Waals surface area (Å²) in [6.45, 7) is 19.5. The number of rotatable bonds is 11. The van der Waals surface area contributed by atoms with E-state index in [1.54, 1.807) is 13.8 Å². The molecule has 3 aromatic rings. The lowest BCUT2D eigenvalue weighted by Gasteiger charge is -2.20. The molecule has 0 saturated heterocycles. The minimum Gasteiger partial charge on any atom is -0.493 e. The van der Waals surface area contributed by atoms with Crippen LogP contribution < -0.4 is 14.2 Å². The number of esters is 1. The Morgan fingerprint density at radius 3 is 2.18 bits per heavy atom. The van der Waals surface area contributed by atoms with Crippen molar-refractivity contribution in [2.24, 2.45) is 0 Å². The van der Waals surface area contributed by atoms with Crippen molar-refractivity contribution >= 4 is 5.97 Å². The highest BCUT2D eigenvalue weighted by Crippen LogP contribution is 2.33. The predicted octanol–water partition coefficient (Wildman–Crippen LogP) is 8.82. The van der Waals surface area contributed by atoms with Crippen molar-refractivity contribution in [1.82, 2.24) is 4.98 Å². The molecule has 244 valence electrons. The maximum atomic E-state index is 9.82. The number of nitrogens with zero attached hydrogens (tertiary/aromatic N) is 1. The van der Waals surface area contributed by atoms with Crippen molar-refractivity contribution in [1.29, 1.82) is 0 Å². The molecule has 0 saturated carbocycles. The Morgan fingerprint density at radius 1 is 1.00 bits per heavy atom. The van der Waals surface area contributed by atoms with E-state index in [4.69, 9.17) is 19.3 Å². The fourth-order valence-corrected chi connectivity index (χ4v) is 4.84. The number of hydrogen-bond donors (Lipinski definition) is 1. The van der Waals surface area contributed by atoms with Crippen LogP contribution in [-0.2, 0) is 22.6 Å². The molecule has 0 fully saturated rings. The Balaban J connectivity index is 0.000000765. The van der Waals surface area contributed by atoms with Crippen LogP contribution in [0.4, 0.5) is 0 Å². The number of aliphatic hydroxyl groups excluding tert-OH is 1. The lowest BCUT2D eigenvalue weighted by molar-refractivity contribution is -0.140. The zero-order chi connectivity index (χ0) is 32.9. The van der Waals surface area contributed by atoms with Crippen LogP contribution in [0, 0.1) is 13.8 Å². The van der Waals surface area contributed by atoms with Gasteiger partial charge >= 0.3 is 5.97 Å². The van der Waals surface area contributed by atoms with Gasteiger partial charge in [0, 0.05) is 37.8 Å². The Bertz CT molecular complexity index is 1210. The molecule has 0 radical (unpaired) electrons. The quantitative estimate of drug-likeness (QED) is 0.217. The van der Waals surface area contributed by atoms with Crippen molar-refractivity contribution in [3.8, 4) is 28.5 Å². The highest BCUT2D eigenvalue weighted by atomic mass is 16.5. The molecule has 4 rings (SSSR count). The van der Waals surface area contributed by atoms with E-state index in [1.807, 2.05) is 26.1 Å². The van der Waals surface area contributed by atoms with Gasteiger partial charge in [-0.25, -0.2) is 4.98 Å². The second kappa shape index (κ2) is 22.0. The first-order chi connectivity index (χ1) is 21.3. The van der Waals surface area contributed by atoms with E-state index in [9.17, 15) is 4.79 Å². The summed E-state index contributed by atoms with van der Waals surface area (Å²) in [6.07, 6.45) is 7.55. The molecule has 44 heavy (non-hydrogen) atoms. The number of aryl methyl sites for hydroxylation is 2.